The lowest BCUT2D eigenvalue weighted by molar-refractivity contribution is 0.0385. The monoisotopic (exact) mass is 259 g/mol. The van der Waals surface area contributed by atoms with Crippen molar-refractivity contribution in [3.05, 3.63) is 23.8 Å². The largest absolute Gasteiger partial charge is 0.334 e. The zero-order chi connectivity index (χ0) is 13.2. The molecule has 2 heterocycles. The van der Waals surface area contributed by atoms with Gasteiger partial charge in [-0.15, -0.1) is 0 Å². The van der Waals surface area contributed by atoms with Crippen molar-refractivity contribution in [3.63, 3.8) is 0 Å². The maximum atomic E-state index is 12.6. The minimum atomic E-state index is 0.0992. The Labute approximate surface area is 114 Å². The summed E-state index contributed by atoms with van der Waals surface area (Å²) >= 11 is 0. The summed E-state index contributed by atoms with van der Waals surface area (Å²) in [5, 5.41) is 0. The van der Waals surface area contributed by atoms with Crippen molar-refractivity contribution in [1.29, 1.82) is 0 Å². The van der Waals surface area contributed by atoms with Crippen molar-refractivity contribution in [2.75, 3.05) is 6.54 Å². The molecule has 1 saturated heterocycles. The summed E-state index contributed by atoms with van der Waals surface area (Å²) in [4.78, 5) is 23.1. The minimum Gasteiger partial charge on any atom is -0.334 e. The van der Waals surface area contributed by atoms with Gasteiger partial charge in [0.05, 0.1) is 0 Å². The molecule has 0 aromatic carbocycles. The third kappa shape index (κ3) is 2.48. The number of nitrogens with zero attached hydrogens (tertiary/aromatic N) is 3. The number of amides is 1. The molecule has 2 aliphatic rings. The summed E-state index contributed by atoms with van der Waals surface area (Å²) < 4.78 is 0. The van der Waals surface area contributed by atoms with Crippen LogP contribution in [0.25, 0.3) is 0 Å². The number of aryl methyl sites for hydroxylation is 1. The molecule has 0 N–H and O–H groups in total. The van der Waals surface area contributed by atoms with Crippen LogP contribution in [-0.2, 0) is 0 Å². The van der Waals surface area contributed by atoms with Crippen molar-refractivity contribution < 1.29 is 4.79 Å². The molecule has 1 saturated carbocycles. The van der Waals surface area contributed by atoms with Crippen LogP contribution in [0, 0.1) is 12.8 Å². The summed E-state index contributed by atoms with van der Waals surface area (Å²) in [6.07, 6.45) is 9.15. The zero-order valence-corrected chi connectivity index (χ0v) is 11.5. The number of rotatable bonds is 1. The Hall–Kier alpha value is -1.45. The molecule has 2 atom stereocenters. The molecular weight excluding hydrogens is 238 g/mol. The SMILES string of the molecule is Cc1nccc(C(=O)N2CCC[C@H]3CCCC[C@@H]32)n1. The zero-order valence-electron chi connectivity index (χ0n) is 11.5. The fraction of sp³-hybridized carbons (Fsp3) is 0.667. The van der Waals surface area contributed by atoms with Gasteiger partial charge >= 0.3 is 0 Å². The number of piperidine rings is 1. The van der Waals surface area contributed by atoms with E-state index >= 15 is 0 Å². The van der Waals surface area contributed by atoms with Crippen molar-refractivity contribution in [2.24, 2.45) is 5.92 Å². The number of aromatic nitrogens is 2. The predicted octanol–water partition coefficient (Wildman–Crippen LogP) is 2.58. The Morgan fingerprint density at radius 3 is 2.89 bits per heavy atom. The molecule has 1 aliphatic heterocycles. The first-order valence-corrected chi connectivity index (χ1v) is 7.36. The molecule has 4 nitrogen and oxygen atoms in total. The fourth-order valence-corrected chi connectivity index (χ4v) is 3.60. The smallest absolute Gasteiger partial charge is 0.272 e. The molecule has 3 rings (SSSR count). The van der Waals surface area contributed by atoms with E-state index in [4.69, 9.17) is 0 Å². The third-order valence-electron chi connectivity index (χ3n) is 4.50. The number of fused-ring (bicyclic) bond motifs is 1. The van der Waals surface area contributed by atoms with Crippen LogP contribution < -0.4 is 0 Å². The Morgan fingerprint density at radius 2 is 2.05 bits per heavy atom. The standard InChI is InChI=1S/C15H21N3O/c1-11-16-9-8-13(17-11)15(19)18-10-4-6-12-5-2-3-7-14(12)18/h8-9,12,14H,2-7,10H2,1H3/t12-,14+/m1/s1. The van der Waals surface area contributed by atoms with Gasteiger partial charge in [0.25, 0.3) is 5.91 Å². The molecule has 1 aromatic heterocycles. The van der Waals surface area contributed by atoms with E-state index in [9.17, 15) is 4.79 Å². The minimum absolute atomic E-state index is 0.0992. The second-order valence-electron chi connectivity index (χ2n) is 5.74. The number of carbonyl (C=O) groups excluding carboxylic acids is 1. The highest BCUT2D eigenvalue weighted by atomic mass is 16.2. The molecule has 0 bridgehead atoms. The average molecular weight is 259 g/mol. The van der Waals surface area contributed by atoms with Gasteiger partial charge < -0.3 is 4.90 Å². The van der Waals surface area contributed by atoms with E-state index in [1.54, 1.807) is 12.3 Å². The lowest BCUT2D eigenvalue weighted by Crippen LogP contribution is -2.49. The molecule has 102 valence electrons. The Bertz CT molecular complexity index is 472. The summed E-state index contributed by atoms with van der Waals surface area (Å²) in [5.41, 5.74) is 0.554. The van der Waals surface area contributed by atoms with E-state index in [1.165, 1.54) is 32.1 Å². The van der Waals surface area contributed by atoms with Gasteiger partial charge in [0.2, 0.25) is 0 Å². The van der Waals surface area contributed by atoms with E-state index in [0.29, 0.717) is 17.6 Å². The van der Waals surface area contributed by atoms with Gasteiger partial charge in [0, 0.05) is 18.8 Å². The summed E-state index contributed by atoms with van der Waals surface area (Å²) in [7, 11) is 0. The normalized spacial score (nSPS) is 26.9. The molecule has 19 heavy (non-hydrogen) atoms. The maximum absolute atomic E-state index is 12.6. The highest BCUT2D eigenvalue weighted by Crippen LogP contribution is 2.35. The summed E-state index contributed by atoms with van der Waals surface area (Å²) in [6, 6.07) is 2.19. The lowest BCUT2D eigenvalue weighted by Gasteiger charge is -2.44. The van der Waals surface area contributed by atoms with E-state index in [2.05, 4.69) is 14.9 Å². The molecule has 0 spiro atoms. The van der Waals surface area contributed by atoms with Crippen molar-refractivity contribution in [2.45, 2.75) is 51.5 Å². The van der Waals surface area contributed by atoms with E-state index in [1.807, 2.05) is 6.92 Å². The second kappa shape index (κ2) is 5.27. The first-order valence-electron chi connectivity index (χ1n) is 7.36. The van der Waals surface area contributed by atoms with Gasteiger partial charge in [-0.2, -0.15) is 0 Å². The highest BCUT2D eigenvalue weighted by Gasteiger charge is 2.36. The molecule has 4 heteroatoms. The Morgan fingerprint density at radius 1 is 1.26 bits per heavy atom. The van der Waals surface area contributed by atoms with Crippen LogP contribution in [0.2, 0.25) is 0 Å². The van der Waals surface area contributed by atoms with Gasteiger partial charge in [-0.25, -0.2) is 9.97 Å². The fourth-order valence-electron chi connectivity index (χ4n) is 3.60. The molecule has 1 aliphatic carbocycles. The topological polar surface area (TPSA) is 46.1 Å². The number of likely N-dealkylation sites (tertiary alicyclic amines) is 1. The van der Waals surface area contributed by atoms with Crippen LogP contribution in [0.4, 0.5) is 0 Å². The molecule has 1 aromatic rings. The molecular formula is C15H21N3O. The molecule has 0 radical (unpaired) electrons. The molecule has 1 amide bonds. The predicted molar refractivity (Wildman–Crippen MR) is 72.8 cm³/mol. The number of carbonyl (C=O) groups is 1. The van der Waals surface area contributed by atoms with Crippen LogP contribution in [0.3, 0.4) is 0 Å². The van der Waals surface area contributed by atoms with Gasteiger partial charge in [-0.3, -0.25) is 4.79 Å². The van der Waals surface area contributed by atoms with Gasteiger partial charge in [0.15, 0.2) is 0 Å². The van der Waals surface area contributed by atoms with Gasteiger partial charge in [-0.1, -0.05) is 12.8 Å². The third-order valence-corrected chi connectivity index (χ3v) is 4.50. The summed E-state index contributed by atoms with van der Waals surface area (Å²) in [6.45, 7) is 2.72. The maximum Gasteiger partial charge on any atom is 0.272 e. The van der Waals surface area contributed by atoms with E-state index in [-0.39, 0.29) is 5.91 Å². The average Bonchev–Trinajstić information content (AvgIpc) is 2.46. The number of hydrogen-bond acceptors (Lipinski definition) is 3. The Kier molecular flexibility index (Phi) is 3.49. The van der Waals surface area contributed by atoms with Crippen LogP contribution >= 0.6 is 0 Å². The Balaban J connectivity index is 1.82. The quantitative estimate of drug-likeness (QED) is 0.778. The number of hydrogen-bond donors (Lipinski definition) is 0. The highest BCUT2D eigenvalue weighted by molar-refractivity contribution is 5.92. The first kappa shape index (κ1) is 12.6. The molecule has 0 unspecified atom stereocenters. The van der Waals surface area contributed by atoms with E-state index < -0.39 is 0 Å². The first-order chi connectivity index (χ1) is 9.25. The van der Waals surface area contributed by atoms with Crippen molar-refractivity contribution >= 4 is 5.91 Å². The van der Waals surface area contributed by atoms with Gasteiger partial charge in [0.1, 0.15) is 11.5 Å². The lowest BCUT2D eigenvalue weighted by atomic mass is 9.78. The van der Waals surface area contributed by atoms with Gasteiger partial charge in [-0.05, 0) is 44.6 Å². The summed E-state index contributed by atoms with van der Waals surface area (Å²) in [5.74, 6) is 1.49. The van der Waals surface area contributed by atoms with Crippen molar-refractivity contribution in [3.8, 4) is 0 Å². The second-order valence-corrected chi connectivity index (χ2v) is 5.74. The molecule has 2 fully saturated rings. The van der Waals surface area contributed by atoms with Crippen LogP contribution in [0.15, 0.2) is 12.3 Å². The van der Waals surface area contributed by atoms with E-state index in [0.717, 1.165) is 18.9 Å². The van der Waals surface area contributed by atoms with Crippen LogP contribution in [0.1, 0.15) is 54.8 Å². The van der Waals surface area contributed by atoms with Crippen LogP contribution in [-0.4, -0.2) is 33.4 Å². The van der Waals surface area contributed by atoms with Crippen LogP contribution in [0.5, 0.6) is 0 Å². The van der Waals surface area contributed by atoms with Crippen molar-refractivity contribution in [1.82, 2.24) is 14.9 Å².